The molecule has 1 aliphatic heterocycles. The van der Waals surface area contributed by atoms with E-state index in [0.717, 1.165) is 5.56 Å². The second-order valence-corrected chi connectivity index (χ2v) is 11.2. The van der Waals surface area contributed by atoms with Gasteiger partial charge in [0.1, 0.15) is 11.6 Å². The lowest BCUT2D eigenvalue weighted by Gasteiger charge is -2.26. The van der Waals surface area contributed by atoms with Gasteiger partial charge in [0.2, 0.25) is 11.8 Å². The number of ether oxygens (including phenoxy) is 1. The Kier molecular flexibility index (Phi) is 10.3. The zero-order valence-electron chi connectivity index (χ0n) is 23.4. The van der Waals surface area contributed by atoms with Crippen LogP contribution in [0.3, 0.4) is 0 Å². The van der Waals surface area contributed by atoms with Gasteiger partial charge in [-0.15, -0.1) is 0 Å². The molecule has 9 nitrogen and oxygen atoms in total. The second kappa shape index (κ2) is 13.5. The highest BCUT2D eigenvalue weighted by Crippen LogP contribution is 2.29. The number of amides is 3. The summed E-state index contributed by atoms with van der Waals surface area (Å²) in [5.74, 6) is -1.01. The fraction of sp³-hybridized carbons (Fsp3) is 0.500. The molecule has 1 saturated heterocycles. The lowest BCUT2D eigenvalue weighted by molar-refractivity contribution is -0.133. The van der Waals surface area contributed by atoms with Gasteiger partial charge in [-0.25, -0.2) is 0 Å². The summed E-state index contributed by atoms with van der Waals surface area (Å²) in [5.41, 5.74) is 0.277. The lowest BCUT2D eigenvalue weighted by atomic mass is 9.92. The summed E-state index contributed by atoms with van der Waals surface area (Å²) in [5, 5.41) is 8.66. The van der Waals surface area contributed by atoms with Crippen LogP contribution in [0.1, 0.15) is 75.8 Å². The van der Waals surface area contributed by atoms with Crippen molar-refractivity contribution in [2.24, 2.45) is 11.8 Å². The number of nitrogens with one attached hydrogen (secondary N) is 3. The molecule has 210 valence electrons. The van der Waals surface area contributed by atoms with Gasteiger partial charge < -0.3 is 20.7 Å². The number of carbonyl (C=O) groups excluding carboxylic acids is 4. The van der Waals surface area contributed by atoms with Gasteiger partial charge in [-0.2, -0.15) is 0 Å². The number of epoxide rings is 1. The van der Waals surface area contributed by atoms with E-state index in [1.54, 1.807) is 25.3 Å². The van der Waals surface area contributed by atoms with Crippen molar-refractivity contribution in [2.45, 2.75) is 77.6 Å². The standard InChI is InChI=1S/C30H40N4O5/c1-19(2)14-24(27(36)30(5)18-39-30)34-29(38)25(15-20(3)4)32-26(35)16-23(21-10-7-6-8-11-21)33-28(37)22-12-9-13-31-17-22/h6-13,17,19-20,23-25H,14-16,18H2,1-5H3,(H,32,35)(H,33,37)(H,34,38)/t23?,24-,25-,30+/m0/s1. The molecule has 3 N–H and O–H groups in total. The first-order chi connectivity index (χ1) is 18.5. The number of hydrogen-bond donors (Lipinski definition) is 3. The number of benzene rings is 1. The number of pyridine rings is 1. The molecule has 0 saturated carbocycles. The number of carbonyl (C=O) groups is 4. The molecule has 0 aliphatic carbocycles. The van der Waals surface area contributed by atoms with Crippen LogP contribution in [0.15, 0.2) is 54.9 Å². The fourth-order valence-corrected chi connectivity index (χ4v) is 4.41. The maximum Gasteiger partial charge on any atom is 0.253 e. The Hall–Kier alpha value is -3.59. The van der Waals surface area contributed by atoms with Crippen molar-refractivity contribution in [3.63, 3.8) is 0 Å². The number of aromatic nitrogens is 1. The van der Waals surface area contributed by atoms with Gasteiger partial charge in [0.05, 0.1) is 30.7 Å². The molecule has 1 aromatic carbocycles. The zero-order chi connectivity index (χ0) is 28.6. The average molecular weight is 537 g/mol. The minimum Gasteiger partial charge on any atom is -0.361 e. The lowest BCUT2D eigenvalue weighted by Crippen LogP contribution is -2.54. The van der Waals surface area contributed by atoms with E-state index in [2.05, 4.69) is 20.9 Å². The van der Waals surface area contributed by atoms with E-state index in [0.29, 0.717) is 25.0 Å². The molecule has 0 spiro atoms. The number of nitrogens with zero attached hydrogens (tertiary/aromatic N) is 1. The van der Waals surface area contributed by atoms with Gasteiger partial charge in [0.25, 0.3) is 5.91 Å². The summed E-state index contributed by atoms with van der Waals surface area (Å²) in [6, 6.07) is 10.4. The zero-order valence-corrected chi connectivity index (χ0v) is 23.4. The Labute approximate surface area is 230 Å². The highest BCUT2D eigenvalue weighted by molar-refractivity contribution is 5.98. The molecule has 3 amide bonds. The van der Waals surface area contributed by atoms with E-state index in [1.165, 1.54) is 6.20 Å². The first-order valence-electron chi connectivity index (χ1n) is 13.5. The van der Waals surface area contributed by atoms with Crippen molar-refractivity contribution in [1.82, 2.24) is 20.9 Å². The second-order valence-electron chi connectivity index (χ2n) is 11.2. The van der Waals surface area contributed by atoms with Gasteiger partial charge in [-0.05, 0) is 49.3 Å². The predicted octanol–water partition coefficient (Wildman–Crippen LogP) is 3.36. The van der Waals surface area contributed by atoms with Gasteiger partial charge in [-0.3, -0.25) is 24.2 Å². The number of hydrogen-bond acceptors (Lipinski definition) is 6. The van der Waals surface area contributed by atoms with Crippen molar-refractivity contribution in [2.75, 3.05) is 6.61 Å². The molecule has 2 aromatic rings. The predicted molar refractivity (Wildman–Crippen MR) is 148 cm³/mol. The Morgan fingerprint density at radius 3 is 2.10 bits per heavy atom. The smallest absolute Gasteiger partial charge is 0.253 e. The van der Waals surface area contributed by atoms with Gasteiger partial charge in [-0.1, -0.05) is 58.0 Å². The minimum absolute atomic E-state index is 0.0713. The Morgan fingerprint density at radius 1 is 0.897 bits per heavy atom. The fourth-order valence-electron chi connectivity index (χ4n) is 4.41. The molecule has 1 unspecified atom stereocenters. The Bertz CT molecular complexity index is 1130. The summed E-state index contributed by atoms with van der Waals surface area (Å²) >= 11 is 0. The molecular weight excluding hydrogens is 496 g/mol. The minimum atomic E-state index is -0.862. The number of rotatable bonds is 14. The largest absolute Gasteiger partial charge is 0.361 e. The van der Waals surface area contributed by atoms with Crippen molar-refractivity contribution in [1.29, 1.82) is 0 Å². The van der Waals surface area contributed by atoms with Crippen molar-refractivity contribution in [3.8, 4) is 0 Å². The van der Waals surface area contributed by atoms with E-state index in [4.69, 9.17) is 4.74 Å². The van der Waals surface area contributed by atoms with Crippen LogP contribution in [0.25, 0.3) is 0 Å². The summed E-state index contributed by atoms with van der Waals surface area (Å²) in [6.07, 6.45) is 3.84. The topological polar surface area (TPSA) is 130 Å². The maximum atomic E-state index is 13.4. The SMILES string of the molecule is CC(C)C[C@H](NC(=O)CC(NC(=O)c1cccnc1)c1ccccc1)C(=O)N[C@@H](CC(C)C)C(=O)[C@@]1(C)CO1. The van der Waals surface area contributed by atoms with E-state index < -0.39 is 29.6 Å². The number of Topliss-reactive ketones (excluding diaryl/α,β-unsaturated/α-hetero) is 1. The normalized spacial score (nSPS) is 18.6. The summed E-state index contributed by atoms with van der Waals surface area (Å²) in [4.78, 5) is 56.5. The van der Waals surface area contributed by atoms with Gasteiger partial charge in [0, 0.05) is 12.4 Å². The van der Waals surface area contributed by atoms with Crippen LogP contribution in [0.2, 0.25) is 0 Å². The highest BCUT2D eigenvalue weighted by Gasteiger charge is 2.50. The van der Waals surface area contributed by atoms with Crippen LogP contribution in [0.4, 0.5) is 0 Å². The molecule has 1 fully saturated rings. The van der Waals surface area contributed by atoms with E-state index >= 15 is 0 Å². The van der Waals surface area contributed by atoms with Crippen molar-refractivity contribution >= 4 is 23.5 Å². The van der Waals surface area contributed by atoms with Crippen LogP contribution in [-0.2, 0) is 19.1 Å². The molecule has 1 aromatic heterocycles. The first-order valence-corrected chi connectivity index (χ1v) is 13.5. The molecule has 39 heavy (non-hydrogen) atoms. The maximum absolute atomic E-state index is 13.4. The van der Waals surface area contributed by atoms with Crippen LogP contribution >= 0.6 is 0 Å². The summed E-state index contributed by atoms with van der Waals surface area (Å²) in [6.45, 7) is 9.96. The monoisotopic (exact) mass is 536 g/mol. The molecule has 0 bridgehead atoms. The molecule has 2 heterocycles. The van der Waals surface area contributed by atoms with Crippen molar-refractivity contribution < 1.29 is 23.9 Å². The van der Waals surface area contributed by atoms with E-state index in [-0.39, 0.29) is 35.9 Å². The third-order valence-corrected chi connectivity index (χ3v) is 6.62. The molecule has 1 aliphatic rings. The van der Waals surface area contributed by atoms with Crippen LogP contribution < -0.4 is 16.0 Å². The third kappa shape index (κ3) is 8.99. The first kappa shape index (κ1) is 30.0. The Balaban J connectivity index is 1.73. The molecular formula is C30H40N4O5. The number of ketones is 1. The van der Waals surface area contributed by atoms with E-state index in [1.807, 2.05) is 58.0 Å². The highest BCUT2D eigenvalue weighted by atomic mass is 16.6. The molecule has 0 radical (unpaired) electrons. The Morgan fingerprint density at radius 2 is 1.54 bits per heavy atom. The van der Waals surface area contributed by atoms with Crippen molar-refractivity contribution in [3.05, 3.63) is 66.0 Å². The van der Waals surface area contributed by atoms with E-state index in [9.17, 15) is 19.2 Å². The molecule has 3 rings (SSSR count). The third-order valence-electron chi connectivity index (χ3n) is 6.62. The van der Waals surface area contributed by atoms with Gasteiger partial charge >= 0.3 is 0 Å². The van der Waals surface area contributed by atoms with Crippen LogP contribution in [-0.4, -0.2) is 52.8 Å². The molecule has 4 atom stereocenters. The van der Waals surface area contributed by atoms with Crippen LogP contribution in [0.5, 0.6) is 0 Å². The average Bonchev–Trinajstić information content (AvgIpc) is 3.65. The quantitative estimate of drug-likeness (QED) is 0.318. The summed E-state index contributed by atoms with van der Waals surface area (Å²) in [7, 11) is 0. The summed E-state index contributed by atoms with van der Waals surface area (Å²) < 4.78 is 5.33. The molecule has 9 heteroatoms. The van der Waals surface area contributed by atoms with Gasteiger partial charge in [0.15, 0.2) is 5.78 Å². The van der Waals surface area contributed by atoms with Crippen LogP contribution in [0, 0.1) is 11.8 Å².